The average Bonchev–Trinajstić information content (AvgIpc) is 2.68. The summed E-state index contributed by atoms with van der Waals surface area (Å²) in [5.74, 6) is 1.15. The highest BCUT2D eigenvalue weighted by molar-refractivity contribution is 14.0. The van der Waals surface area contributed by atoms with E-state index in [1.165, 1.54) is 6.07 Å². The Bertz CT molecular complexity index is 649. The number of likely N-dealkylation sites (tertiary alicyclic amines) is 1. The molecular formula is C20H32FIN4O2. The number of piperidine rings is 1. The Hall–Kier alpha value is -1.42. The first-order valence-corrected chi connectivity index (χ1v) is 9.57. The molecule has 0 atom stereocenters. The van der Waals surface area contributed by atoms with Crippen molar-refractivity contribution in [3.05, 3.63) is 35.1 Å². The molecule has 1 amide bonds. The molecule has 1 aromatic carbocycles. The maximum Gasteiger partial charge on any atom is 0.220 e. The Morgan fingerprint density at radius 3 is 2.68 bits per heavy atom. The van der Waals surface area contributed by atoms with Crippen molar-refractivity contribution in [1.82, 2.24) is 15.5 Å². The van der Waals surface area contributed by atoms with Crippen LogP contribution in [-0.4, -0.2) is 50.6 Å². The highest BCUT2D eigenvalue weighted by atomic mass is 127. The molecule has 6 nitrogen and oxygen atoms in total. The number of halogens is 2. The zero-order valence-electron chi connectivity index (χ0n) is 17.0. The lowest BCUT2D eigenvalue weighted by Gasteiger charge is -2.34. The number of methoxy groups -OCH3 is 1. The molecule has 0 aliphatic carbocycles. The van der Waals surface area contributed by atoms with Crippen molar-refractivity contribution < 1.29 is 13.9 Å². The first-order valence-electron chi connectivity index (χ1n) is 9.57. The lowest BCUT2D eigenvalue weighted by molar-refractivity contribution is -0.121. The number of amides is 1. The predicted octanol–water partition coefficient (Wildman–Crippen LogP) is 2.90. The van der Waals surface area contributed by atoms with E-state index in [4.69, 9.17) is 9.73 Å². The molecule has 2 N–H and O–H groups in total. The topological polar surface area (TPSA) is 66.0 Å². The minimum atomic E-state index is -0.255. The van der Waals surface area contributed by atoms with Crippen molar-refractivity contribution >= 4 is 35.8 Å². The van der Waals surface area contributed by atoms with Crippen LogP contribution < -0.4 is 10.6 Å². The molecule has 0 radical (unpaired) electrons. The molecule has 1 aliphatic rings. The summed E-state index contributed by atoms with van der Waals surface area (Å²) in [6.45, 7) is 5.33. The summed E-state index contributed by atoms with van der Waals surface area (Å²) in [5.41, 5.74) is 1.50. The van der Waals surface area contributed by atoms with Crippen LogP contribution in [0.4, 0.5) is 4.39 Å². The Kier molecular flexibility index (Phi) is 11.4. The van der Waals surface area contributed by atoms with E-state index >= 15 is 0 Å². The van der Waals surface area contributed by atoms with E-state index < -0.39 is 0 Å². The number of carbonyl (C=O) groups is 1. The van der Waals surface area contributed by atoms with E-state index in [-0.39, 0.29) is 42.3 Å². The first kappa shape index (κ1) is 24.6. The molecule has 8 heteroatoms. The van der Waals surface area contributed by atoms with E-state index in [1.807, 2.05) is 13.0 Å². The summed E-state index contributed by atoms with van der Waals surface area (Å²) >= 11 is 0. The van der Waals surface area contributed by atoms with E-state index in [0.29, 0.717) is 24.4 Å². The summed E-state index contributed by atoms with van der Waals surface area (Å²) in [4.78, 5) is 18.5. The normalized spacial score (nSPS) is 15.1. The number of rotatable bonds is 7. The van der Waals surface area contributed by atoms with Crippen molar-refractivity contribution in [3.8, 4) is 0 Å². The quantitative estimate of drug-likeness (QED) is 0.339. The van der Waals surface area contributed by atoms with Gasteiger partial charge in [-0.05, 0) is 43.4 Å². The van der Waals surface area contributed by atoms with Crippen LogP contribution in [0.5, 0.6) is 0 Å². The third-order valence-corrected chi connectivity index (χ3v) is 4.82. The van der Waals surface area contributed by atoms with Gasteiger partial charge in [-0.25, -0.2) is 9.38 Å². The van der Waals surface area contributed by atoms with E-state index in [2.05, 4.69) is 15.5 Å². The zero-order valence-corrected chi connectivity index (χ0v) is 19.3. The fraction of sp³-hybridized carbons (Fsp3) is 0.600. The Morgan fingerprint density at radius 2 is 2.07 bits per heavy atom. The summed E-state index contributed by atoms with van der Waals surface area (Å²) < 4.78 is 18.8. The molecule has 2 rings (SSSR count). The number of guanidine groups is 1. The second-order valence-electron chi connectivity index (χ2n) is 6.84. The largest absolute Gasteiger partial charge is 0.380 e. The first-order chi connectivity index (χ1) is 13.1. The lowest BCUT2D eigenvalue weighted by Crippen LogP contribution is -2.46. The maximum atomic E-state index is 13.8. The van der Waals surface area contributed by atoms with Crippen LogP contribution in [0.3, 0.4) is 0 Å². The van der Waals surface area contributed by atoms with Crippen LogP contribution in [-0.2, 0) is 22.7 Å². The van der Waals surface area contributed by atoms with Gasteiger partial charge in [-0.3, -0.25) is 4.79 Å². The third kappa shape index (κ3) is 7.54. The molecule has 0 bridgehead atoms. The molecule has 1 saturated heterocycles. The molecule has 0 aromatic heterocycles. The smallest absolute Gasteiger partial charge is 0.220 e. The Labute approximate surface area is 184 Å². The minimum Gasteiger partial charge on any atom is -0.380 e. The number of benzene rings is 1. The molecule has 0 unspecified atom stereocenters. The summed E-state index contributed by atoms with van der Waals surface area (Å²) in [5, 5.41) is 6.04. The predicted molar refractivity (Wildman–Crippen MR) is 120 cm³/mol. The van der Waals surface area contributed by atoms with Crippen molar-refractivity contribution in [1.29, 1.82) is 0 Å². The fourth-order valence-corrected chi connectivity index (χ4v) is 3.30. The van der Waals surface area contributed by atoms with Gasteiger partial charge in [-0.2, -0.15) is 0 Å². The molecule has 1 aliphatic heterocycles. The third-order valence-electron chi connectivity index (χ3n) is 4.82. The minimum absolute atomic E-state index is 0. The summed E-state index contributed by atoms with van der Waals surface area (Å²) in [6, 6.07) is 5.04. The van der Waals surface area contributed by atoms with E-state index in [9.17, 15) is 9.18 Å². The van der Waals surface area contributed by atoms with Gasteiger partial charge in [0, 0.05) is 45.8 Å². The lowest BCUT2D eigenvalue weighted by atomic mass is 9.93. The van der Waals surface area contributed by atoms with Crippen molar-refractivity contribution in [2.24, 2.45) is 10.9 Å². The van der Waals surface area contributed by atoms with Gasteiger partial charge in [0.1, 0.15) is 5.82 Å². The molecule has 1 fully saturated rings. The van der Waals surface area contributed by atoms with Gasteiger partial charge in [0.05, 0.1) is 13.2 Å². The van der Waals surface area contributed by atoms with E-state index in [0.717, 1.165) is 44.0 Å². The second-order valence-corrected chi connectivity index (χ2v) is 6.84. The maximum absolute atomic E-state index is 13.8. The van der Waals surface area contributed by atoms with Crippen LogP contribution in [0.25, 0.3) is 0 Å². The van der Waals surface area contributed by atoms with Crippen LogP contribution in [0.15, 0.2) is 23.2 Å². The highest BCUT2D eigenvalue weighted by Crippen LogP contribution is 2.20. The van der Waals surface area contributed by atoms with Gasteiger partial charge in [0.15, 0.2) is 5.96 Å². The zero-order chi connectivity index (χ0) is 19.6. The SMILES string of the molecule is CCNC(=NCc1ccc(F)c(COC)c1)N1CCC(CC(=O)NC)CC1.I. The van der Waals surface area contributed by atoms with Gasteiger partial charge >= 0.3 is 0 Å². The van der Waals surface area contributed by atoms with Gasteiger partial charge in [-0.15, -0.1) is 24.0 Å². The van der Waals surface area contributed by atoms with Gasteiger partial charge in [0.25, 0.3) is 0 Å². The number of hydrogen-bond acceptors (Lipinski definition) is 3. The summed E-state index contributed by atoms with van der Waals surface area (Å²) in [6.07, 6.45) is 2.55. The molecule has 28 heavy (non-hydrogen) atoms. The number of hydrogen-bond donors (Lipinski definition) is 2. The second kappa shape index (κ2) is 12.9. The number of aliphatic imine (C=N–C) groups is 1. The van der Waals surface area contributed by atoms with Gasteiger partial charge in [-0.1, -0.05) is 6.07 Å². The van der Waals surface area contributed by atoms with Crippen molar-refractivity contribution in [3.63, 3.8) is 0 Å². The average molecular weight is 506 g/mol. The number of nitrogens with zero attached hydrogens (tertiary/aromatic N) is 2. The van der Waals surface area contributed by atoms with E-state index in [1.54, 1.807) is 20.2 Å². The molecule has 158 valence electrons. The van der Waals surface area contributed by atoms with Crippen LogP contribution in [0, 0.1) is 11.7 Å². The van der Waals surface area contributed by atoms with Gasteiger partial charge in [0.2, 0.25) is 5.91 Å². The molecule has 0 saturated carbocycles. The summed E-state index contributed by atoms with van der Waals surface area (Å²) in [7, 11) is 3.24. The van der Waals surface area contributed by atoms with Crippen molar-refractivity contribution in [2.45, 2.75) is 39.3 Å². The van der Waals surface area contributed by atoms with Crippen LogP contribution >= 0.6 is 24.0 Å². The van der Waals surface area contributed by atoms with Crippen LogP contribution in [0.1, 0.15) is 37.3 Å². The standard InChI is InChI=1S/C20H31FN4O2.HI/c1-4-23-20(25-9-7-15(8-10-25)12-19(26)22-2)24-13-16-5-6-18(21)17(11-16)14-27-3;/h5-6,11,15H,4,7-10,12-14H2,1-3H3,(H,22,26)(H,23,24);1H. The number of nitrogens with one attached hydrogen (secondary N) is 2. The molecule has 1 aromatic rings. The highest BCUT2D eigenvalue weighted by Gasteiger charge is 2.23. The van der Waals surface area contributed by atoms with Crippen LogP contribution in [0.2, 0.25) is 0 Å². The monoisotopic (exact) mass is 506 g/mol. The van der Waals surface area contributed by atoms with Gasteiger partial charge < -0.3 is 20.3 Å². The fourth-order valence-electron chi connectivity index (χ4n) is 3.30. The Morgan fingerprint density at radius 1 is 1.36 bits per heavy atom. The Balaban J connectivity index is 0.00000392. The van der Waals surface area contributed by atoms with Crippen molar-refractivity contribution in [2.75, 3.05) is 33.8 Å². The molecule has 0 spiro atoms. The molecular weight excluding hydrogens is 474 g/mol. The number of ether oxygens (including phenoxy) is 1. The number of carbonyl (C=O) groups excluding carboxylic acids is 1. The molecule has 1 heterocycles.